The lowest BCUT2D eigenvalue weighted by molar-refractivity contribution is 0.305. The van der Waals surface area contributed by atoms with Gasteiger partial charge in [0.25, 0.3) is 0 Å². The molecular formula is C26H28O2. The first kappa shape index (κ1) is 19.8. The van der Waals surface area contributed by atoms with Crippen LogP contribution in [-0.4, -0.2) is 13.2 Å². The standard InChI is InChI=1S/C26H28O2/c1-3-5-6-7-18-28-25-15-11-21(12-16-25)8-9-22-10-13-24-20-26(27-4-2)17-14-23(24)19-22/h10-17,19-20H,3-7,18H2,1-2H3. The van der Waals surface area contributed by atoms with E-state index < -0.39 is 0 Å². The first-order valence-electron chi connectivity index (χ1n) is 10.2. The fourth-order valence-electron chi connectivity index (χ4n) is 3.06. The van der Waals surface area contributed by atoms with E-state index in [9.17, 15) is 0 Å². The number of rotatable bonds is 8. The van der Waals surface area contributed by atoms with Crippen molar-refractivity contribution < 1.29 is 9.47 Å². The van der Waals surface area contributed by atoms with Crippen LogP contribution in [0, 0.1) is 11.8 Å². The molecule has 28 heavy (non-hydrogen) atoms. The summed E-state index contributed by atoms with van der Waals surface area (Å²) in [5.41, 5.74) is 2.00. The van der Waals surface area contributed by atoms with Crippen molar-refractivity contribution in [1.29, 1.82) is 0 Å². The van der Waals surface area contributed by atoms with Crippen LogP contribution in [0.1, 0.15) is 50.7 Å². The van der Waals surface area contributed by atoms with E-state index in [1.165, 1.54) is 24.6 Å². The number of fused-ring (bicyclic) bond motifs is 1. The minimum atomic E-state index is 0.678. The summed E-state index contributed by atoms with van der Waals surface area (Å²) in [6.07, 6.45) is 4.88. The van der Waals surface area contributed by atoms with Crippen LogP contribution in [0.25, 0.3) is 10.8 Å². The first-order chi connectivity index (χ1) is 13.8. The molecule has 0 N–H and O–H groups in total. The van der Waals surface area contributed by atoms with Gasteiger partial charge >= 0.3 is 0 Å². The topological polar surface area (TPSA) is 18.5 Å². The molecule has 2 nitrogen and oxygen atoms in total. The Labute approximate surface area is 168 Å². The molecule has 0 aliphatic carbocycles. The highest BCUT2D eigenvalue weighted by Crippen LogP contribution is 2.22. The van der Waals surface area contributed by atoms with E-state index in [2.05, 4.69) is 49.1 Å². The van der Waals surface area contributed by atoms with Crippen molar-refractivity contribution in [3.63, 3.8) is 0 Å². The number of ether oxygens (including phenoxy) is 2. The maximum absolute atomic E-state index is 5.79. The normalized spacial score (nSPS) is 10.4. The van der Waals surface area contributed by atoms with Crippen LogP contribution in [0.15, 0.2) is 60.7 Å². The van der Waals surface area contributed by atoms with E-state index in [0.717, 1.165) is 41.0 Å². The molecule has 0 radical (unpaired) electrons. The van der Waals surface area contributed by atoms with Gasteiger partial charge in [-0.25, -0.2) is 0 Å². The Hall–Kier alpha value is -2.92. The summed E-state index contributed by atoms with van der Waals surface area (Å²) >= 11 is 0. The average Bonchev–Trinajstić information content (AvgIpc) is 2.73. The Morgan fingerprint density at radius 1 is 0.643 bits per heavy atom. The van der Waals surface area contributed by atoms with Gasteiger partial charge in [-0.1, -0.05) is 50.2 Å². The third-order valence-corrected chi connectivity index (χ3v) is 4.59. The van der Waals surface area contributed by atoms with Gasteiger partial charge in [0, 0.05) is 11.1 Å². The second-order valence-electron chi connectivity index (χ2n) is 6.84. The van der Waals surface area contributed by atoms with Gasteiger partial charge in [-0.2, -0.15) is 0 Å². The van der Waals surface area contributed by atoms with Crippen LogP contribution < -0.4 is 9.47 Å². The van der Waals surface area contributed by atoms with Crippen molar-refractivity contribution in [2.24, 2.45) is 0 Å². The lowest BCUT2D eigenvalue weighted by atomic mass is 10.1. The molecule has 0 saturated carbocycles. The van der Waals surface area contributed by atoms with Crippen LogP contribution in [0.2, 0.25) is 0 Å². The molecule has 0 aromatic heterocycles. The molecule has 3 rings (SSSR count). The van der Waals surface area contributed by atoms with Gasteiger partial charge in [0.2, 0.25) is 0 Å². The Morgan fingerprint density at radius 3 is 2.11 bits per heavy atom. The van der Waals surface area contributed by atoms with Crippen LogP contribution in [-0.2, 0) is 0 Å². The summed E-state index contributed by atoms with van der Waals surface area (Å²) in [4.78, 5) is 0. The van der Waals surface area contributed by atoms with E-state index in [4.69, 9.17) is 9.47 Å². The first-order valence-corrected chi connectivity index (χ1v) is 10.2. The lowest BCUT2D eigenvalue weighted by Crippen LogP contribution is -1.96. The number of unbranched alkanes of at least 4 members (excludes halogenated alkanes) is 3. The molecule has 0 amide bonds. The van der Waals surface area contributed by atoms with E-state index in [1.807, 2.05) is 37.3 Å². The maximum Gasteiger partial charge on any atom is 0.119 e. The highest BCUT2D eigenvalue weighted by Gasteiger charge is 1.98. The number of benzene rings is 3. The minimum absolute atomic E-state index is 0.678. The maximum atomic E-state index is 5.79. The molecule has 0 spiro atoms. The van der Waals surface area contributed by atoms with Crippen LogP contribution in [0.4, 0.5) is 0 Å². The Morgan fingerprint density at radius 2 is 1.32 bits per heavy atom. The van der Waals surface area contributed by atoms with Crippen molar-refractivity contribution >= 4 is 10.8 Å². The number of hydrogen-bond donors (Lipinski definition) is 0. The Balaban J connectivity index is 1.62. The molecule has 0 heterocycles. The number of hydrogen-bond acceptors (Lipinski definition) is 2. The highest BCUT2D eigenvalue weighted by atomic mass is 16.5. The highest BCUT2D eigenvalue weighted by molar-refractivity contribution is 5.85. The van der Waals surface area contributed by atoms with E-state index in [1.54, 1.807) is 0 Å². The Bertz CT molecular complexity index is 946. The van der Waals surface area contributed by atoms with Crippen molar-refractivity contribution in [2.45, 2.75) is 39.5 Å². The summed E-state index contributed by atoms with van der Waals surface area (Å²) < 4.78 is 11.3. The van der Waals surface area contributed by atoms with Gasteiger partial charge < -0.3 is 9.47 Å². The summed E-state index contributed by atoms with van der Waals surface area (Å²) in [7, 11) is 0. The van der Waals surface area contributed by atoms with Gasteiger partial charge in [0.05, 0.1) is 13.2 Å². The van der Waals surface area contributed by atoms with E-state index >= 15 is 0 Å². The molecule has 3 aromatic carbocycles. The summed E-state index contributed by atoms with van der Waals surface area (Å²) in [5, 5.41) is 2.33. The van der Waals surface area contributed by atoms with Crippen LogP contribution in [0.3, 0.4) is 0 Å². The largest absolute Gasteiger partial charge is 0.494 e. The van der Waals surface area contributed by atoms with Gasteiger partial charge in [-0.05, 0) is 72.6 Å². The van der Waals surface area contributed by atoms with E-state index in [-0.39, 0.29) is 0 Å². The quantitative estimate of drug-likeness (QED) is 0.328. The van der Waals surface area contributed by atoms with Crippen LogP contribution in [0.5, 0.6) is 11.5 Å². The van der Waals surface area contributed by atoms with Crippen molar-refractivity contribution in [3.05, 3.63) is 71.8 Å². The van der Waals surface area contributed by atoms with Gasteiger partial charge in [0.15, 0.2) is 0 Å². The van der Waals surface area contributed by atoms with Crippen molar-refractivity contribution in [2.75, 3.05) is 13.2 Å². The molecule has 0 aliphatic rings. The fourth-order valence-corrected chi connectivity index (χ4v) is 3.06. The van der Waals surface area contributed by atoms with Crippen molar-refractivity contribution in [1.82, 2.24) is 0 Å². The fraction of sp³-hybridized carbons (Fsp3) is 0.308. The minimum Gasteiger partial charge on any atom is -0.494 e. The van der Waals surface area contributed by atoms with Crippen molar-refractivity contribution in [3.8, 4) is 23.3 Å². The van der Waals surface area contributed by atoms with Gasteiger partial charge in [0.1, 0.15) is 11.5 Å². The van der Waals surface area contributed by atoms with E-state index in [0.29, 0.717) is 6.61 Å². The molecule has 3 aromatic rings. The van der Waals surface area contributed by atoms with Crippen LogP contribution >= 0.6 is 0 Å². The zero-order valence-electron chi connectivity index (χ0n) is 16.8. The second-order valence-corrected chi connectivity index (χ2v) is 6.84. The third kappa shape index (κ3) is 5.79. The molecule has 0 unspecified atom stereocenters. The molecule has 0 saturated heterocycles. The predicted molar refractivity (Wildman–Crippen MR) is 117 cm³/mol. The van der Waals surface area contributed by atoms with Gasteiger partial charge in [-0.3, -0.25) is 0 Å². The molecular weight excluding hydrogens is 344 g/mol. The summed E-state index contributed by atoms with van der Waals surface area (Å²) in [5.74, 6) is 8.31. The third-order valence-electron chi connectivity index (χ3n) is 4.59. The molecule has 0 aliphatic heterocycles. The lowest BCUT2D eigenvalue weighted by Gasteiger charge is -2.05. The molecule has 2 heteroatoms. The van der Waals surface area contributed by atoms with Gasteiger partial charge in [-0.15, -0.1) is 0 Å². The predicted octanol–water partition coefficient (Wildman–Crippen LogP) is 6.60. The monoisotopic (exact) mass is 372 g/mol. The second kappa shape index (κ2) is 10.4. The molecule has 144 valence electrons. The SMILES string of the molecule is CCCCCCOc1ccc(C#Cc2ccc3cc(OCC)ccc3c2)cc1. The molecule has 0 atom stereocenters. The Kier molecular flexibility index (Phi) is 7.38. The zero-order chi connectivity index (χ0) is 19.6. The average molecular weight is 373 g/mol. The summed E-state index contributed by atoms with van der Waals surface area (Å²) in [6.45, 7) is 5.68. The smallest absolute Gasteiger partial charge is 0.119 e. The molecule has 0 fully saturated rings. The molecule has 0 bridgehead atoms. The zero-order valence-corrected chi connectivity index (χ0v) is 16.8. The summed E-state index contributed by atoms with van der Waals surface area (Å²) in [6, 6.07) is 20.5.